The number of carboxylic acids is 1. The summed E-state index contributed by atoms with van der Waals surface area (Å²) < 4.78 is 9.88. The molecule has 2 rings (SSSR count). The molecule has 0 amide bonds. The highest BCUT2D eigenvalue weighted by atomic mass is 16.4. The summed E-state index contributed by atoms with van der Waals surface area (Å²) in [6, 6.07) is 7.00. The first-order valence-corrected chi connectivity index (χ1v) is 5.51. The third-order valence-corrected chi connectivity index (χ3v) is 2.15. The molecule has 2 aromatic rings. The number of carboxylic acid groups (broad SMARTS) is 1. The second kappa shape index (κ2) is 6.58. The van der Waals surface area contributed by atoms with Gasteiger partial charge in [-0.2, -0.15) is 0 Å². The number of rotatable bonds is 3. The minimum atomic E-state index is -1.01. The van der Waals surface area contributed by atoms with E-state index in [0.717, 1.165) is 18.6 Å². The first kappa shape index (κ1) is 13.1. The minimum absolute atomic E-state index is 0.0110. The largest absolute Gasteiger partial charge is 0.475 e. The van der Waals surface area contributed by atoms with Gasteiger partial charge < -0.3 is 13.9 Å². The van der Waals surface area contributed by atoms with Gasteiger partial charge in [-0.3, -0.25) is 0 Å². The molecule has 4 heteroatoms. The predicted octanol–water partition coefficient (Wildman–Crippen LogP) is 3.38. The Morgan fingerprint density at radius 3 is 2.18 bits per heavy atom. The average Bonchev–Trinajstić information content (AvgIpc) is 3.01. The number of furan rings is 2. The van der Waals surface area contributed by atoms with Crippen molar-refractivity contribution in [3.63, 3.8) is 0 Å². The number of aromatic carboxylic acids is 1. The molecule has 0 aliphatic rings. The Hall–Kier alpha value is -1.97. The molecular weight excluding hydrogens is 220 g/mol. The molecule has 0 spiro atoms. The molecule has 0 radical (unpaired) electrons. The lowest BCUT2D eigenvalue weighted by Gasteiger charge is -1.85. The molecule has 2 heterocycles. The van der Waals surface area contributed by atoms with Crippen molar-refractivity contribution in [1.29, 1.82) is 0 Å². The monoisotopic (exact) mass is 236 g/mol. The van der Waals surface area contributed by atoms with Crippen LogP contribution in [-0.4, -0.2) is 11.1 Å². The van der Waals surface area contributed by atoms with Crippen molar-refractivity contribution >= 4 is 5.97 Å². The molecule has 92 valence electrons. The van der Waals surface area contributed by atoms with Gasteiger partial charge in [-0.1, -0.05) is 13.8 Å². The molecule has 1 N–H and O–H groups in total. The Labute approximate surface area is 99.9 Å². The summed E-state index contributed by atoms with van der Waals surface area (Å²) >= 11 is 0. The molecule has 0 aromatic carbocycles. The molecule has 0 bridgehead atoms. The molecule has 0 aliphatic carbocycles. The van der Waals surface area contributed by atoms with Gasteiger partial charge in [0, 0.05) is 12.8 Å². The van der Waals surface area contributed by atoms with Gasteiger partial charge in [-0.05, 0) is 24.3 Å². The summed E-state index contributed by atoms with van der Waals surface area (Å²) in [7, 11) is 0. The van der Waals surface area contributed by atoms with Crippen molar-refractivity contribution < 1.29 is 18.7 Å². The van der Waals surface area contributed by atoms with E-state index in [1.165, 1.54) is 6.07 Å². The van der Waals surface area contributed by atoms with Gasteiger partial charge in [0.2, 0.25) is 5.76 Å². The highest BCUT2D eigenvalue weighted by Crippen LogP contribution is 2.07. The lowest BCUT2D eigenvalue weighted by atomic mass is 10.4. The van der Waals surface area contributed by atoms with E-state index in [1.54, 1.807) is 12.3 Å². The Morgan fingerprint density at radius 2 is 1.88 bits per heavy atom. The second-order valence-corrected chi connectivity index (χ2v) is 3.36. The van der Waals surface area contributed by atoms with Crippen molar-refractivity contribution in [1.82, 2.24) is 0 Å². The first-order chi connectivity index (χ1) is 8.17. The fourth-order valence-corrected chi connectivity index (χ4v) is 1.20. The van der Waals surface area contributed by atoms with Crippen LogP contribution in [0.4, 0.5) is 0 Å². The molecule has 0 atom stereocenters. The highest BCUT2D eigenvalue weighted by Gasteiger charge is 2.06. The Bertz CT molecular complexity index is 440. The maximum absolute atomic E-state index is 10.2. The molecular formula is C13H16O4. The lowest BCUT2D eigenvalue weighted by molar-refractivity contribution is 0.0660. The van der Waals surface area contributed by atoms with Crippen molar-refractivity contribution in [3.05, 3.63) is 47.8 Å². The zero-order valence-electron chi connectivity index (χ0n) is 9.97. The average molecular weight is 236 g/mol. The third kappa shape index (κ3) is 4.18. The fourth-order valence-electron chi connectivity index (χ4n) is 1.20. The summed E-state index contributed by atoms with van der Waals surface area (Å²) in [4.78, 5) is 10.2. The smallest absolute Gasteiger partial charge is 0.371 e. The van der Waals surface area contributed by atoms with E-state index >= 15 is 0 Å². The van der Waals surface area contributed by atoms with Crippen LogP contribution >= 0.6 is 0 Å². The van der Waals surface area contributed by atoms with Crippen molar-refractivity contribution in [2.24, 2.45) is 0 Å². The van der Waals surface area contributed by atoms with Crippen molar-refractivity contribution in [2.75, 3.05) is 0 Å². The normalized spacial score (nSPS) is 9.53. The van der Waals surface area contributed by atoms with Crippen LogP contribution in [0.1, 0.15) is 35.9 Å². The minimum Gasteiger partial charge on any atom is -0.475 e. The zero-order valence-corrected chi connectivity index (χ0v) is 9.97. The molecule has 0 saturated heterocycles. The number of hydrogen-bond donors (Lipinski definition) is 1. The molecule has 2 aromatic heterocycles. The van der Waals surface area contributed by atoms with E-state index in [0.29, 0.717) is 5.76 Å². The van der Waals surface area contributed by atoms with E-state index in [4.69, 9.17) is 13.9 Å². The number of hydrogen-bond acceptors (Lipinski definition) is 3. The van der Waals surface area contributed by atoms with Crippen LogP contribution < -0.4 is 0 Å². The van der Waals surface area contributed by atoms with Crippen LogP contribution in [0.15, 0.2) is 39.4 Å². The van der Waals surface area contributed by atoms with E-state index < -0.39 is 5.97 Å². The Morgan fingerprint density at radius 1 is 1.18 bits per heavy atom. The topological polar surface area (TPSA) is 63.6 Å². The van der Waals surface area contributed by atoms with Gasteiger partial charge in [0.05, 0.1) is 6.26 Å². The summed E-state index contributed by atoms with van der Waals surface area (Å²) in [5.41, 5.74) is 0. The van der Waals surface area contributed by atoms with E-state index in [2.05, 4.69) is 6.92 Å². The number of carbonyl (C=O) groups is 1. The highest BCUT2D eigenvalue weighted by molar-refractivity contribution is 5.84. The van der Waals surface area contributed by atoms with Gasteiger partial charge in [-0.25, -0.2) is 4.79 Å². The number of aryl methyl sites for hydroxylation is 2. The zero-order chi connectivity index (χ0) is 12.7. The maximum atomic E-state index is 10.2. The summed E-state index contributed by atoms with van der Waals surface area (Å²) in [5.74, 6) is 0.758. The standard InChI is InChI=1S/C7H8O3.C6H8O/c1-2-5-3-4-6(10-5)7(8)9;1-2-6-4-3-5-7-6/h3-4H,2H2,1H3,(H,8,9);3-5H,2H2,1H3. The van der Waals surface area contributed by atoms with E-state index in [1.807, 2.05) is 19.1 Å². The molecule has 0 fully saturated rings. The van der Waals surface area contributed by atoms with Crippen LogP contribution in [0.3, 0.4) is 0 Å². The van der Waals surface area contributed by atoms with Crippen LogP contribution in [0.2, 0.25) is 0 Å². The molecule has 0 saturated carbocycles. The van der Waals surface area contributed by atoms with Crippen molar-refractivity contribution in [3.8, 4) is 0 Å². The van der Waals surface area contributed by atoms with Gasteiger partial charge in [0.15, 0.2) is 0 Å². The molecule has 17 heavy (non-hydrogen) atoms. The van der Waals surface area contributed by atoms with Gasteiger partial charge in [-0.15, -0.1) is 0 Å². The van der Waals surface area contributed by atoms with E-state index in [-0.39, 0.29) is 5.76 Å². The second-order valence-electron chi connectivity index (χ2n) is 3.36. The molecule has 4 nitrogen and oxygen atoms in total. The van der Waals surface area contributed by atoms with Gasteiger partial charge in [0.1, 0.15) is 11.5 Å². The quantitative estimate of drug-likeness (QED) is 0.887. The third-order valence-electron chi connectivity index (χ3n) is 2.15. The first-order valence-electron chi connectivity index (χ1n) is 5.51. The Balaban J connectivity index is 0.000000181. The lowest BCUT2D eigenvalue weighted by Crippen LogP contribution is -1.91. The van der Waals surface area contributed by atoms with Crippen LogP contribution in [-0.2, 0) is 12.8 Å². The molecule has 0 aliphatic heterocycles. The summed E-state index contributed by atoms with van der Waals surface area (Å²) in [5, 5.41) is 8.40. The van der Waals surface area contributed by atoms with Gasteiger partial charge >= 0.3 is 5.97 Å². The summed E-state index contributed by atoms with van der Waals surface area (Å²) in [6.07, 6.45) is 3.42. The van der Waals surface area contributed by atoms with E-state index in [9.17, 15) is 4.79 Å². The summed E-state index contributed by atoms with van der Waals surface area (Å²) in [6.45, 7) is 3.98. The molecule has 0 unspecified atom stereocenters. The van der Waals surface area contributed by atoms with Crippen LogP contribution in [0.5, 0.6) is 0 Å². The van der Waals surface area contributed by atoms with Crippen LogP contribution in [0.25, 0.3) is 0 Å². The van der Waals surface area contributed by atoms with Crippen molar-refractivity contribution in [2.45, 2.75) is 26.7 Å². The Kier molecular flexibility index (Phi) is 5.07. The fraction of sp³-hybridized carbons (Fsp3) is 0.308. The SMILES string of the molecule is CCc1ccc(C(=O)O)o1.CCc1ccco1. The van der Waals surface area contributed by atoms with Gasteiger partial charge in [0.25, 0.3) is 0 Å². The maximum Gasteiger partial charge on any atom is 0.371 e. The predicted molar refractivity (Wildman–Crippen MR) is 63.1 cm³/mol. The van der Waals surface area contributed by atoms with Crippen LogP contribution in [0, 0.1) is 0 Å².